The lowest BCUT2D eigenvalue weighted by molar-refractivity contribution is -0.142. The molecule has 180 valence electrons. The van der Waals surface area contributed by atoms with Gasteiger partial charge in [0.25, 0.3) is 0 Å². The lowest BCUT2D eigenvalue weighted by Crippen LogP contribution is -2.54. The van der Waals surface area contributed by atoms with Crippen molar-refractivity contribution in [3.63, 3.8) is 0 Å². The second-order valence-corrected chi connectivity index (χ2v) is 10.4. The van der Waals surface area contributed by atoms with Gasteiger partial charge in [0, 0.05) is 12.1 Å². The Morgan fingerprint density at radius 3 is 2.16 bits per heavy atom. The van der Waals surface area contributed by atoms with E-state index >= 15 is 0 Å². The summed E-state index contributed by atoms with van der Waals surface area (Å²) in [4.78, 5) is 40.7. The van der Waals surface area contributed by atoms with Crippen LogP contribution in [-0.4, -0.2) is 46.5 Å². The van der Waals surface area contributed by atoms with Gasteiger partial charge in [0.2, 0.25) is 11.8 Å². The minimum Gasteiger partial charge on any atom is -0.444 e. The van der Waals surface area contributed by atoms with Gasteiger partial charge in [-0.2, -0.15) is 0 Å². The van der Waals surface area contributed by atoms with Crippen LogP contribution in [0.3, 0.4) is 0 Å². The van der Waals surface area contributed by atoms with E-state index in [0.717, 1.165) is 16.7 Å². The first-order valence-electron chi connectivity index (χ1n) is 11.2. The van der Waals surface area contributed by atoms with E-state index in [1.807, 2.05) is 59.7 Å². The number of benzene rings is 1. The highest BCUT2D eigenvalue weighted by Crippen LogP contribution is 2.27. The quantitative estimate of drug-likeness (QED) is 0.648. The number of aryl methyl sites for hydroxylation is 2. The number of ether oxygens (including phenoxy) is 1. The van der Waals surface area contributed by atoms with E-state index in [1.54, 1.807) is 32.6 Å². The van der Waals surface area contributed by atoms with Crippen molar-refractivity contribution in [2.45, 2.75) is 98.9 Å². The standard InChI is InChI=1S/C25H41N3O4/c1-11-14-28(22(30)18(4)26-23(31)32-25(8,9)10)20(21(29)27-24(5,6)7)19-15-16(2)12-13-17(19)3/h12-13,15,18,20H,11,14H2,1-10H3,(H,26,31)(H,27,29). The molecule has 32 heavy (non-hydrogen) atoms. The number of nitrogens with zero attached hydrogens (tertiary/aromatic N) is 1. The molecule has 0 aromatic heterocycles. The molecule has 0 fully saturated rings. The number of hydrogen-bond acceptors (Lipinski definition) is 4. The maximum Gasteiger partial charge on any atom is 0.408 e. The first-order chi connectivity index (χ1) is 14.6. The third-order valence-corrected chi connectivity index (χ3v) is 4.64. The molecule has 0 saturated carbocycles. The molecule has 7 heteroatoms. The molecule has 0 saturated heterocycles. The van der Waals surface area contributed by atoms with Gasteiger partial charge in [0.1, 0.15) is 17.7 Å². The maximum atomic E-state index is 13.5. The molecular weight excluding hydrogens is 406 g/mol. The van der Waals surface area contributed by atoms with Gasteiger partial charge in [-0.05, 0) is 79.9 Å². The lowest BCUT2D eigenvalue weighted by Gasteiger charge is -2.36. The van der Waals surface area contributed by atoms with Gasteiger partial charge in [-0.15, -0.1) is 0 Å². The first kappa shape index (κ1) is 27.5. The minimum absolute atomic E-state index is 0.252. The van der Waals surface area contributed by atoms with Crippen LogP contribution in [0.1, 0.15) is 84.5 Å². The first-order valence-corrected chi connectivity index (χ1v) is 11.2. The molecule has 3 amide bonds. The fourth-order valence-corrected chi connectivity index (χ4v) is 3.35. The number of alkyl carbamates (subject to hydrolysis) is 1. The van der Waals surface area contributed by atoms with E-state index in [4.69, 9.17) is 4.74 Å². The Bertz CT molecular complexity index is 821. The van der Waals surface area contributed by atoms with Crippen molar-refractivity contribution in [2.24, 2.45) is 0 Å². The number of rotatable bonds is 7. The second kappa shape index (κ2) is 10.8. The number of amides is 3. The molecule has 1 rings (SSSR count). The van der Waals surface area contributed by atoms with Gasteiger partial charge in [0.15, 0.2) is 0 Å². The third kappa shape index (κ3) is 8.52. The van der Waals surface area contributed by atoms with Gasteiger partial charge < -0.3 is 20.3 Å². The number of hydrogen-bond donors (Lipinski definition) is 2. The van der Waals surface area contributed by atoms with E-state index in [1.165, 1.54) is 0 Å². The van der Waals surface area contributed by atoms with Gasteiger partial charge in [-0.1, -0.05) is 30.7 Å². The zero-order valence-corrected chi connectivity index (χ0v) is 21.4. The maximum absolute atomic E-state index is 13.5. The van der Waals surface area contributed by atoms with Crippen molar-refractivity contribution < 1.29 is 19.1 Å². The summed E-state index contributed by atoms with van der Waals surface area (Å²) < 4.78 is 5.29. The topological polar surface area (TPSA) is 87.7 Å². The number of carbonyl (C=O) groups excluding carboxylic acids is 3. The molecule has 2 atom stereocenters. The van der Waals surface area contributed by atoms with Gasteiger partial charge in [0.05, 0.1) is 0 Å². The van der Waals surface area contributed by atoms with Crippen molar-refractivity contribution in [1.29, 1.82) is 0 Å². The Hall–Kier alpha value is -2.57. The molecular formula is C25H41N3O4. The largest absolute Gasteiger partial charge is 0.444 e. The monoisotopic (exact) mass is 447 g/mol. The van der Waals surface area contributed by atoms with Crippen molar-refractivity contribution >= 4 is 17.9 Å². The highest BCUT2D eigenvalue weighted by molar-refractivity contribution is 5.92. The fourth-order valence-electron chi connectivity index (χ4n) is 3.35. The highest BCUT2D eigenvalue weighted by Gasteiger charge is 2.36. The van der Waals surface area contributed by atoms with Crippen LogP contribution in [-0.2, 0) is 14.3 Å². The smallest absolute Gasteiger partial charge is 0.408 e. The van der Waals surface area contributed by atoms with E-state index in [2.05, 4.69) is 10.6 Å². The normalized spacial score (nSPS) is 13.7. The van der Waals surface area contributed by atoms with Crippen LogP contribution < -0.4 is 10.6 Å². The van der Waals surface area contributed by atoms with Crippen LogP contribution in [0.25, 0.3) is 0 Å². The third-order valence-electron chi connectivity index (χ3n) is 4.64. The summed E-state index contributed by atoms with van der Waals surface area (Å²) in [5.74, 6) is -0.592. The van der Waals surface area contributed by atoms with Crippen LogP contribution in [0.5, 0.6) is 0 Å². The van der Waals surface area contributed by atoms with Crippen LogP contribution in [0.4, 0.5) is 4.79 Å². The summed E-state index contributed by atoms with van der Waals surface area (Å²) in [6.07, 6.45) is -0.00747. The second-order valence-electron chi connectivity index (χ2n) is 10.4. The van der Waals surface area contributed by atoms with Crippen molar-refractivity contribution in [3.05, 3.63) is 34.9 Å². The molecule has 0 aliphatic heterocycles. The summed E-state index contributed by atoms with van der Waals surface area (Å²) in [7, 11) is 0. The van der Waals surface area contributed by atoms with Crippen LogP contribution >= 0.6 is 0 Å². The Kier molecular flexibility index (Phi) is 9.30. The van der Waals surface area contributed by atoms with Crippen molar-refractivity contribution in [1.82, 2.24) is 15.5 Å². The molecule has 0 spiro atoms. The molecule has 1 aromatic rings. The van der Waals surface area contributed by atoms with Gasteiger partial charge >= 0.3 is 6.09 Å². The average Bonchev–Trinajstić information content (AvgIpc) is 2.60. The van der Waals surface area contributed by atoms with Gasteiger partial charge in [-0.3, -0.25) is 9.59 Å². The molecule has 2 unspecified atom stereocenters. The van der Waals surface area contributed by atoms with E-state index in [9.17, 15) is 14.4 Å². The Morgan fingerprint density at radius 2 is 1.66 bits per heavy atom. The van der Waals surface area contributed by atoms with Crippen LogP contribution in [0.2, 0.25) is 0 Å². The molecule has 0 bridgehead atoms. The fraction of sp³-hybridized carbons (Fsp3) is 0.640. The highest BCUT2D eigenvalue weighted by atomic mass is 16.6. The molecule has 0 radical (unpaired) electrons. The number of carbonyl (C=O) groups is 3. The molecule has 0 heterocycles. The molecule has 7 nitrogen and oxygen atoms in total. The molecule has 0 aliphatic rings. The molecule has 2 N–H and O–H groups in total. The zero-order valence-electron chi connectivity index (χ0n) is 21.4. The Balaban J connectivity index is 3.37. The summed E-state index contributed by atoms with van der Waals surface area (Å²) in [5.41, 5.74) is 1.56. The predicted molar refractivity (Wildman–Crippen MR) is 127 cm³/mol. The summed E-state index contributed by atoms with van der Waals surface area (Å²) >= 11 is 0. The van der Waals surface area contributed by atoms with Crippen LogP contribution in [0.15, 0.2) is 18.2 Å². The zero-order chi connectivity index (χ0) is 24.9. The van der Waals surface area contributed by atoms with Crippen molar-refractivity contribution in [3.8, 4) is 0 Å². The van der Waals surface area contributed by atoms with E-state index in [-0.39, 0.29) is 11.8 Å². The predicted octanol–water partition coefficient (Wildman–Crippen LogP) is 4.41. The summed E-state index contributed by atoms with van der Waals surface area (Å²) in [6.45, 7) is 18.8. The summed E-state index contributed by atoms with van der Waals surface area (Å²) in [5, 5.41) is 5.63. The summed E-state index contributed by atoms with van der Waals surface area (Å²) in [6, 6.07) is 4.22. The number of nitrogens with one attached hydrogen (secondary N) is 2. The van der Waals surface area contributed by atoms with Crippen molar-refractivity contribution in [2.75, 3.05) is 6.54 Å². The van der Waals surface area contributed by atoms with Crippen LogP contribution in [0, 0.1) is 13.8 Å². The van der Waals surface area contributed by atoms with Gasteiger partial charge in [-0.25, -0.2) is 4.79 Å². The lowest BCUT2D eigenvalue weighted by atomic mass is 9.95. The SMILES string of the molecule is CCCN(C(=O)C(C)NC(=O)OC(C)(C)C)C(C(=O)NC(C)(C)C)c1cc(C)ccc1C. The van der Waals surface area contributed by atoms with E-state index in [0.29, 0.717) is 13.0 Å². The Morgan fingerprint density at radius 1 is 1.06 bits per heavy atom. The molecule has 1 aromatic carbocycles. The molecule has 0 aliphatic carbocycles. The van der Waals surface area contributed by atoms with E-state index < -0.39 is 29.3 Å². The minimum atomic E-state index is -0.855. The Labute approximate surface area is 193 Å². The average molecular weight is 448 g/mol.